The molecule has 0 aliphatic carbocycles. The number of anilines is 1. The number of hydrogen-bond acceptors (Lipinski definition) is 1. The monoisotopic (exact) mass is 368 g/mol. The molecule has 27 heavy (non-hydrogen) atoms. The number of nitrogens with two attached hydrogens (primary N) is 1. The molecule has 1 aromatic heterocycles. The first kappa shape index (κ1) is 16.0. The van der Waals surface area contributed by atoms with E-state index in [9.17, 15) is 0 Å². The molecule has 0 saturated heterocycles. The third kappa shape index (κ3) is 2.42. The highest BCUT2D eigenvalue weighted by Gasteiger charge is 2.18. The van der Waals surface area contributed by atoms with Gasteiger partial charge in [0.25, 0.3) is 0 Å². The van der Waals surface area contributed by atoms with E-state index in [-0.39, 0.29) is 0 Å². The van der Waals surface area contributed by atoms with Crippen LogP contribution in [-0.2, 0) is 0 Å². The van der Waals surface area contributed by atoms with Crippen molar-refractivity contribution in [2.75, 3.05) is 5.73 Å². The van der Waals surface area contributed by atoms with Crippen LogP contribution in [0.1, 0.15) is 0 Å². The van der Waals surface area contributed by atoms with Crippen LogP contribution < -0.4 is 5.73 Å². The molecule has 1 heterocycles. The van der Waals surface area contributed by atoms with Gasteiger partial charge in [-0.3, -0.25) is 0 Å². The second-order valence-corrected chi connectivity index (χ2v) is 7.00. The largest absolute Gasteiger partial charge is 0.398 e. The first-order valence-electron chi connectivity index (χ1n) is 8.87. The van der Waals surface area contributed by atoms with Crippen LogP contribution in [0.4, 0.5) is 5.69 Å². The van der Waals surface area contributed by atoms with E-state index in [1.165, 1.54) is 0 Å². The van der Waals surface area contributed by atoms with E-state index in [2.05, 4.69) is 59.2 Å². The molecule has 3 heteroatoms. The van der Waals surface area contributed by atoms with Crippen molar-refractivity contribution in [2.24, 2.45) is 0 Å². The van der Waals surface area contributed by atoms with Gasteiger partial charge in [-0.2, -0.15) is 0 Å². The van der Waals surface area contributed by atoms with Crippen molar-refractivity contribution < 1.29 is 0 Å². The average molecular weight is 369 g/mol. The van der Waals surface area contributed by atoms with Gasteiger partial charge in [0, 0.05) is 33.3 Å². The Morgan fingerprint density at radius 2 is 1.37 bits per heavy atom. The van der Waals surface area contributed by atoms with Crippen molar-refractivity contribution in [3.63, 3.8) is 0 Å². The number of nitrogens with zero attached hydrogens (tertiary/aromatic N) is 1. The van der Waals surface area contributed by atoms with Crippen LogP contribution >= 0.6 is 11.6 Å². The first-order chi connectivity index (χ1) is 13.3. The zero-order chi connectivity index (χ0) is 18.4. The topological polar surface area (TPSA) is 30.9 Å². The molecular formula is C24H17ClN2. The van der Waals surface area contributed by atoms with Gasteiger partial charge in [0.15, 0.2) is 0 Å². The molecular weight excluding hydrogens is 352 g/mol. The Hall–Kier alpha value is -3.23. The number of fused-ring (bicyclic) bond motifs is 3. The van der Waals surface area contributed by atoms with Gasteiger partial charge in [-0.1, -0.05) is 72.3 Å². The molecule has 0 aliphatic rings. The standard InChI is InChI=1S/C24H17ClN2/c25-20-13-7-15-22-23(20)19-12-6-11-18(17-10-4-5-14-21(17)26)24(19)27(22)16-8-2-1-3-9-16/h1-15H,26H2. The third-order valence-corrected chi connectivity index (χ3v) is 5.34. The minimum absolute atomic E-state index is 0.755. The number of benzene rings is 4. The molecule has 0 amide bonds. The molecule has 0 aliphatic heterocycles. The Morgan fingerprint density at radius 1 is 0.667 bits per heavy atom. The van der Waals surface area contributed by atoms with Gasteiger partial charge in [-0.15, -0.1) is 0 Å². The summed E-state index contributed by atoms with van der Waals surface area (Å²) in [7, 11) is 0. The molecule has 130 valence electrons. The Kier molecular flexibility index (Phi) is 3.66. The van der Waals surface area contributed by atoms with Gasteiger partial charge in [-0.25, -0.2) is 0 Å². The number of hydrogen-bond donors (Lipinski definition) is 1. The minimum Gasteiger partial charge on any atom is -0.398 e. The van der Waals surface area contributed by atoms with Crippen molar-refractivity contribution in [2.45, 2.75) is 0 Å². The van der Waals surface area contributed by atoms with Crippen molar-refractivity contribution in [3.05, 3.63) is 96.0 Å². The Balaban J connectivity index is 2.02. The highest BCUT2D eigenvalue weighted by molar-refractivity contribution is 6.38. The summed E-state index contributed by atoms with van der Waals surface area (Å²) in [6.45, 7) is 0. The molecule has 0 fully saturated rings. The summed E-state index contributed by atoms with van der Waals surface area (Å²) in [4.78, 5) is 0. The average Bonchev–Trinajstić information content (AvgIpc) is 3.05. The number of aromatic nitrogens is 1. The maximum absolute atomic E-state index is 6.63. The SMILES string of the molecule is Nc1ccccc1-c1cccc2c3c(Cl)cccc3n(-c3ccccc3)c12. The molecule has 5 rings (SSSR count). The molecule has 2 N–H and O–H groups in total. The van der Waals surface area contributed by atoms with Crippen molar-refractivity contribution >= 4 is 39.1 Å². The van der Waals surface area contributed by atoms with Crippen LogP contribution in [0.15, 0.2) is 91.0 Å². The quantitative estimate of drug-likeness (QED) is 0.346. The summed E-state index contributed by atoms with van der Waals surface area (Å²) >= 11 is 6.63. The van der Waals surface area contributed by atoms with Crippen LogP contribution in [0.2, 0.25) is 5.02 Å². The predicted octanol–water partition coefficient (Wildman–Crippen LogP) is 6.69. The molecule has 0 atom stereocenters. The second-order valence-electron chi connectivity index (χ2n) is 6.59. The fourth-order valence-electron chi connectivity index (χ4n) is 3.88. The van der Waals surface area contributed by atoms with Crippen LogP contribution in [0.3, 0.4) is 0 Å². The van der Waals surface area contributed by atoms with Gasteiger partial charge in [0.05, 0.1) is 16.1 Å². The van der Waals surface area contributed by atoms with Crippen molar-refractivity contribution in [1.29, 1.82) is 0 Å². The zero-order valence-electron chi connectivity index (χ0n) is 14.6. The predicted molar refractivity (Wildman–Crippen MR) is 116 cm³/mol. The maximum Gasteiger partial charge on any atom is 0.0620 e. The fourth-order valence-corrected chi connectivity index (χ4v) is 4.15. The second kappa shape index (κ2) is 6.19. The van der Waals surface area contributed by atoms with Gasteiger partial charge in [0.1, 0.15) is 0 Å². The van der Waals surface area contributed by atoms with Crippen LogP contribution in [-0.4, -0.2) is 4.57 Å². The summed E-state index contributed by atoms with van der Waals surface area (Å²) in [5.74, 6) is 0. The lowest BCUT2D eigenvalue weighted by molar-refractivity contribution is 1.18. The summed E-state index contributed by atoms with van der Waals surface area (Å²) in [5.41, 5.74) is 12.5. The summed E-state index contributed by atoms with van der Waals surface area (Å²) in [6, 6.07) is 30.7. The molecule has 5 aromatic rings. The Bertz CT molecular complexity index is 1290. The van der Waals surface area contributed by atoms with Gasteiger partial charge in [0.2, 0.25) is 0 Å². The summed E-state index contributed by atoms with van der Waals surface area (Å²) < 4.78 is 2.28. The molecule has 0 bridgehead atoms. The summed E-state index contributed by atoms with van der Waals surface area (Å²) in [5, 5.41) is 2.94. The van der Waals surface area contributed by atoms with Crippen LogP contribution in [0, 0.1) is 0 Å². The number of halogens is 1. The number of rotatable bonds is 2. The molecule has 0 spiro atoms. The van der Waals surface area contributed by atoms with E-state index in [1.807, 2.05) is 36.4 Å². The lowest BCUT2D eigenvalue weighted by atomic mass is 10.0. The molecule has 0 radical (unpaired) electrons. The van der Waals surface area contributed by atoms with E-state index >= 15 is 0 Å². The van der Waals surface area contributed by atoms with Gasteiger partial charge >= 0.3 is 0 Å². The lowest BCUT2D eigenvalue weighted by Crippen LogP contribution is -1.96. The van der Waals surface area contributed by atoms with E-state index in [1.54, 1.807) is 0 Å². The first-order valence-corrected chi connectivity index (χ1v) is 9.25. The molecule has 4 aromatic carbocycles. The van der Waals surface area contributed by atoms with E-state index in [0.29, 0.717) is 0 Å². The Morgan fingerprint density at radius 3 is 2.19 bits per heavy atom. The smallest absolute Gasteiger partial charge is 0.0620 e. The maximum atomic E-state index is 6.63. The summed E-state index contributed by atoms with van der Waals surface area (Å²) in [6.07, 6.45) is 0. The van der Waals surface area contributed by atoms with Gasteiger partial charge < -0.3 is 10.3 Å². The zero-order valence-corrected chi connectivity index (χ0v) is 15.3. The van der Waals surface area contributed by atoms with E-state index in [0.717, 1.165) is 49.3 Å². The lowest BCUT2D eigenvalue weighted by Gasteiger charge is -2.12. The molecule has 0 saturated carbocycles. The molecule has 0 unspecified atom stereocenters. The van der Waals surface area contributed by atoms with Crippen LogP contribution in [0.5, 0.6) is 0 Å². The highest BCUT2D eigenvalue weighted by Crippen LogP contribution is 2.41. The highest BCUT2D eigenvalue weighted by atomic mass is 35.5. The normalized spacial score (nSPS) is 11.3. The Labute approximate surface area is 162 Å². The number of nitrogen functional groups attached to an aromatic ring is 1. The molecule has 2 nitrogen and oxygen atoms in total. The fraction of sp³-hybridized carbons (Fsp3) is 0. The number of para-hydroxylation sites is 3. The van der Waals surface area contributed by atoms with E-state index in [4.69, 9.17) is 17.3 Å². The van der Waals surface area contributed by atoms with E-state index < -0.39 is 0 Å². The van der Waals surface area contributed by atoms with Gasteiger partial charge in [-0.05, 0) is 30.3 Å². The third-order valence-electron chi connectivity index (χ3n) is 5.03. The van der Waals surface area contributed by atoms with Crippen molar-refractivity contribution in [3.8, 4) is 16.8 Å². The van der Waals surface area contributed by atoms with Crippen LogP contribution in [0.25, 0.3) is 38.6 Å². The van der Waals surface area contributed by atoms with Crippen molar-refractivity contribution in [1.82, 2.24) is 4.57 Å². The minimum atomic E-state index is 0.755.